The topological polar surface area (TPSA) is 17.1 Å². The van der Waals surface area contributed by atoms with Gasteiger partial charge in [-0.3, -0.25) is 0 Å². The molecule has 0 heterocycles. The first-order valence-electron chi connectivity index (χ1n) is 4.28. The zero-order valence-corrected chi connectivity index (χ0v) is 6.68. The number of aldehydes is 1. The summed E-state index contributed by atoms with van der Waals surface area (Å²) in [4.78, 5) is 10.4. The van der Waals surface area contributed by atoms with E-state index in [1.54, 1.807) is 0 Å². The Hall–Kier alpha value is -0.330. The molecule has 0 aromatic rings. The fourth-order valence-corrected chi connectivity index (χ4v) is 1.65. The molecule has 1 nitrogen and oxygen atoms in total. The number of carbonyl (C=O) groups excluding carboxylic acids is 1. The van der Waals surface area contributed by atoms with E-state index in [1.165, 1.54) is 19.3 Å². The van der Waals surface area contributed by atoms with Gasteiger partial charge in [0.1, 0.15) is 6.29 Å². The third kappa shape index (κ3) is 2.13. The fraction of sp³-hybridized carbons (Fsp3) is 0.889. The summed E-state index contributed by atoms with van der Waals surface area (Å²) in [5, 5.41) is 0. The number of rotatable bonds is 1. The summed E-state index contributed by atoms with van der Waals surface area (Å²) in [5.41, 5.74) is 0. The zero-order valence-electron chi connectivity index (χ0n) is 6.68. The van der Waals surface area contributed by atoms with E-state index in [2.05, 4.69) is 6.92 Å². The molecule has 1 saturated carbocycles. The lowest BCUT2D eigenvalue weighted by Crippen LogP contribution is -1.99. The summed E-state index contributed by atoms with van der Waals surface area (Å²) < 4.78 is 0. The third-order valence-electron chi connectivity index (χ3n) is 2.49. The molecule has 0 spiro atoms. The molecule has 1 heteroatoms. The SMILES string of the molecule is CC1CCCC(C=O)CC1. The first-order valence-corrected chi connectivity index (χ1v) is 4.28. The highest BCUT2D eigenvalue weighted by Crippen LogP contribution is 2.25. The van der Waals surface area contributed by atoms with Crippen molar-refractivity contribution in [1.29, 1.82) is 0 Å². The largest absolute Gasteiger partial charge is 0.303 e. The molecule has 0 amide bonds. The molecule has 0 saturated heterocycles. The second-order valence-corrected chi connectivity index (χ2v) is 3.51. The smallest absolute Gasteiger partial charge is 0.123 e. The zero-order chi connectivity index (χ0) is 7.40. The van der Waals surface area contributed by atoms with E-state index in [4.69, 9.17) is 0 Å². The molecule has 1 fully saturated rings. The first kappa shape index (κ1) is 7.77. The minimum absolute atomic E-state index is 0.380. The quantitative estimate of drug-likeness (QED) is 0.404. The maximum Gasteiger partial charge on any atom is 0.123 e. The monoisotopic (exact) mass is 140 g/mol. The van der Waals surface area contributed by atoms with Gasteiger partial charge >= 0.3 is 0 Å². The Bertz CT molecular complexity index is 109. The van der Waals surface area contributed by atoms with Gasteiger partial charge in [0.05, 0.1) is 0 Å². The standard InChI is InChI=1S/C9H16O/c1-8-3-2-4-9(7-10)6-5-8/h7-9H,2-6H2,1H3. The maximum atomic E-state index is 10.4. The highest BCUT2D eigenvalue weighted by molar-refractivity contribution is 5.53. The molecule has 0 bridgehead atoms. The van der Waals surface area contributed by atoms with Gasteiger partial charge in [0, 0.05) is 5.92 Å². The van der Waals surface area contributed by atoms with Gasteiger partial charge in [0.15, 0.2) is 0 Å². The predicted octanol–water partition coefficient (Wildman–Crippen LogP) is 2.40. The highest BCUT2D eigenvalue weighted by atomic mass is 16.1. The van der Waals surface area contributed by atoms with Crippen LogP contribution in [0.3, 0.4) is 0 Å². The molecule has 2 unspecified atom stereocenters. The van der Waals surface area contributed by atoms with Gasteiger partial charge in [0.25, 0.3) is 0 Å². The van der Waals surface area contributed by atoms with Crippen molar-refractivity contribution in [2.75, 3.05) is 0 Å². The van der Waals surface area contributed by atoms with Crippen molar-refractivity contribution in [1.82, 2.24) is 0 Å². The molecular formula is C9H16O. The van der Waals surface area contributed by atoms with Crippen molar-refractivity contribution in [2.45, 2.75) is 39.0 Å². The Morgan fingerprint density at radius 3 is 2.70 bits per heavy atom. The second kappa shape index (κ2) is 3.75. The minimum atomic E-state index is 0.380. The molecule has 1 rings (SSSR count). The lowest BCUT2D eigenvalue weighted by Gasteiger charge is -2.04. The summed E-state index contributed by atoms with van der Waals surface area (Å²) >= 11 is 0. The van der Waals surface area contributed by atoms with Crippen LogP contribution in [0.2, 0.25) is 0 Å². The number of hydrogen-bond donors (Lipinski definition) is 0. The van der Waals surface area contributed by atoms with Gasteiger partial charge in [-0.2, -0.15) is 0 Å². The second-order valence-electron chi connectivity index (χ2n) is 3.51. The van der Waals surface area contributed by atoms with Crippen LogP contribution in [-0.4, -0.2) is 6.29 Å². The number of carbonyl (C=O) groups is 1. The van der Waals surface area contributed by atoms with Crippen LogP contribution >= 0.6 is 0 Å². The summed E-state index contributed by atoms with van der Waals surface area (Å²) in [6.45, 7) is 2.28. The van der Waals surface area contributed by atoms with Crippen molar-refractivity contribution in [3.8, 4) is 0 Å². The average molecular weight is 140 g/mol. The predicted molar refractivity (Wildman–Crippen MR) is 41.8 cm³/mol. The van der Waals surface area contributed by atoms with Crippen LogP contribution in [0.1, 0.15) is 39.0 Å². The Balaban J connectivity index is 2.32. The molecule has 10 heavy (non-hydrogen) atoms. The lowest BCUT2D eigenvalue weighted by atomic mass is 10.0. The third-order valence-corrected chi connectivity index (χ3v) is 2.49. The molecule has 2 atom stereocenters. The van der Waals surface area contributed by atoms with Crippen LogP contribution in [-0.2, 0) is 4.79 Å². The lowest BCUT2D eigenvalue weighted by molar-refractivity contribution is -0.111. The Morgan fingerprint density at radius 1 is 1.20 bits per heavy atom. The van der Waals surface area contributed by atoms with Crippen LogP contribution < -0.4 is 0 Å². The Labute approximate surface area is 62.8 Å². The van der Waals surface area contributed by atoms with E-state index < -0.39 is 0 Å². The Morgan fingerprint density at radius 2 is 2.00 bits per heavy atom. The van der Waals surface area contributed by atoms with Crippen LogP contribution in [0.25, 0.3) is 0 Å². The van der Waals surface area contributed by atoms with Crippen molar-refractivity contribution in [2.24, 2.45) is 11.8 Å². The molecule has 0 aliphatic heterocycles. The minimum Gasteiger partial charge on any atom is -0.303 e. The van der Waals surface area contributed by atoms with Gasteiger partial charge in [-0.15, -0.1) is 0 Å². The fourth-order valence-electron chi connectivity index (χ4n) is 1.65. The molecule has 58 valence electrons. The van der Waals surface area contributed by atoms with Gasteiger partial charge < -0.3 is 4.79 Å². The molecular weight excluding hydrogens is 124 g/mol. The van der Waals surface area contributed by atoms with E-state index in [0.29, 0.717) is 5.92 Å². The van der Waals surface area contributed by atoms with Crippen molar-refractivity contribution >= 4 is 6.29 Å². The van der Waals surface area contributed by atoms with E-state index in [1.807, 2.05) is 0 Å². The van der Waals surface area contributed by atoms with Gasteiger partial charge in [0.2, 0.25) is 0 Å². The van der Waals surface area contributed by atoms with Crippen molar-refractivity contribution in [3.05, 3.63) is 0 Å². The van der Waals surface area contributed by atoms with Crippen LogP contribution in [0, 0.1) is 11.8 Å². The molecule has 0 aromatic heterocycles. The van der Waals surface area contributed by atoms with E-state index in [9.17, 15) is 4.79 Å². The summed E-state index contributed by atoms with van der Waals surface area (Å²) in [6.07, 6.45) is 7.23. The summed E-state index contributed by atoms with van der Waals surface area (Å²) in [6, 6.07) is 0. The van der Waals surface area contributed by atoms with Crippen LogP contribution in [0.4, 0.5) is 0 Å². The normalized spacial score (nSPS) is 34.9. The average Bonchev–Trinajstić information content (AvgIpc) is 2.14. The summed E-state index contributed by atoms with van der Waals surface area (Å²) in [7, 11) is 0. The van der Waals surface area contributed by atoms with Gasteiger partial charge in [-0.05, 0) is 18.8 Å². The molecule has 0 radical (unpaired) electrons. The molecule has 1 aliphatic rings. The maximum absolute atomic E-state index is 10.4. The van der Waals surface area contributed by atoms with Gasteiger partial charge in [-0.1, -0.05) is 26.2 Å². The van der Waals surface area contributed by atoms with Crippen LogP contribution in [0.15, 0.2) is 0 Å². The molecule has 1 aliphatic carbocycles. The molecule has 0 N–H and O–H groups in total. The van der Waals surface area contributed by atoms with Crippen LogP contribution in [0.5, 0.6) is 0 Å². The van der Waals surface area contributed by atoms with Crippen molar-refractivity contribution in [3.63, 3.8) is 0 Å². The van der Waals surface area contributed by atoms with Gasteiger partial charge in [-0.25, -0.2) is 0 Å². The van der Waals surface area contributed by atoms with E-state index >= 15 is 0 Å². The summed E-state index contributed by atoms with van der Waals surface area (Å²) in [5.74, 6) is 1.23. The number of hydrogen-bond acceptors (Lipinski definition) is 1. The van der Waals surface area contributed by atoms with Crippen molar-refractivity contribution < 1.29 is 4.79 Å². The van der Waals surface area contributed by atoms with E-state index in [-0.39, 0.29) is 0 Å². The highest BCUT2D eigenvalue weighted by Gasteiger charge is 2.14. The Kier molecular flexibility index (Phi) is 2.91. The van der Waals surface area contributed by atoms with E-state index in [0.717, 1.165) is 25.0 Å². The molecule has 0 aromatic carbocycles. The first-order chi connectivity index (χ1) is 4.83.